The van der Waals surface area contributed by atoms with Gasteiger partial charge in [0.2, 0.25) is 5.91 Å². The van der Waals surface area contributed by atoms with Crippen LogP contribution in [0.2, 0.25) is 0 Å². The highest BCUT2D eigenvalue weighted by atomic mass is 19.4. The molecule has 0 unspecified atom stereocenters. The van der Waals surface area contributed by atoms with E-state index in [1.54, 1.807) is 0 Å². The van der Waals surface area contributed by atoms with E-state index in [4.69, 9.17) is 15.6 Å². The molecule has 82 valence electrons. The zero-order valence-electron chi connectivity index (χ0n) is 6.97. The van der Waals surface area contributed by atoms with Gasteiger partial charge in [-0.2, -0.15) is 13.2 Å². The van der Waals surface area contributed by atoms with Crippen LogP contribution in [0.15, 0.2) is 0 Å². The molecule has 0 spiro atoms. The number of carboxylic acids is 1. The Morgan fingerprint density at radius 1 is 1.57 bits per heavy atom. The molecule has 1 aliphatic heterocycles. The van der Waals surface area contributed by atoms with Gasteiger partial charge in [-0.05, 0) is 0 Å². The molecule has 0 aromatic heterocycles. The second kappa shape index (κ2) is 4.80. The predicted octanol–water partition coefficient (Wildman–Crippen LogP) is -0.533. The summed E-state index contributed by atoms with van der Waals surface area (Å²) in [6, 6.07) is 0.0625. The van der Waals surface area contributed by atoms with E-state index in [0.29, 0.717) is 13.0 Å². The molecule has 1 atom stereocenters. The fourth-order valence-electron chi connectivity index (χ4n) is 0.627. The van der Waals surface area contributed by atoms with E-state index in [9.17, 15) is 18.0 Å². The highest BCUT2D eigenvalue weighted by molar-refractivity contribution is 5.78. The lowest BCUT2D eigenvalue weighted by Gasteiger charge is -1.93. The summed E-state index contributed by atoms with van der Waals surface area (Å²) >= 11 is 0. The van der Waals surface area contributed by atoms with Crippen LogP contribution in [0.25, 0.3) is 0 Å². The van der Waals surface area contributed by atoms with E-state index >= 15 is 0 Å². The Kier molecular flexibility index (Phi) is 4.35. The van der Waals surface area contributed by atoms with E-state index in [1.165, 1.54) is 0 Å². The molecule has 0 bridgehead atoms. The summed E-state index contributed by atoms with van der Waals surface area (Å²) in [5.74, 6) is -2.68. The third-order valence-electron chi connectivity index (χ3n) is 1.25. The highest BCUT2D eigenvalue weighted by Gasteiger charge is 2.38. The van der Waals surface area contributed by atoms with Crippen molar-refractivity contribution in [2.75, 3.05) is 6.54 Å². The van der Waals surface area contributed by atoms with Crippen molar-refractivity contribution >= 4 is 11.9 Å². The quantitative estimate of drug-likeness (QED) is 0.505. The van der Waals surface area contributed by atoms with Crippen molar-refractivity contribution in [3.8, 4) is 0 Å². The number of nitrogens with two attached hydrogens (primary N) is 1. The zero-order valence-corrected chi connectivity index (χ0v) is 6.97. The number of hydrogen-bond acceptors (Lipinski definition) is 3. The Morgan fingerprint density at radius 3 is 2.07 bits per heavy atom. The molecule has 5 nitrogen and oxygen atoms in total. The standard InChI is InChI=1S/C4H8N2O.C2HF3O2/c5-3-1-4(7)6-2-3;3-2(4,5)1(6)7/h3H,1-2,5H2,(H,6,7);(H,6,7)/t3-;/m1./s1. The molecule has 1 fully saturated rings. The molecule has 0 aromatic rings. The molecular weight excluding hydrogens is 205 g/mol. The first-order valence-electron chi connectivity index (χ1n) is 3.56. The minimum atomic E-state index is -5.08. The SMILES string of the molecule is N[C@H]1CNC(=O)C1.O=C(O)C(F)(F)F. The number of carboxylic acid groups (broad SMARTS) is 1. The minimum Gasteiger partial charge on any atom is -0.475 e. The van der Waals surface area contributed by atoms with Crippen LogP contribution in [0.3, 0.4) is 0 Å². The summed E-state index contributed by atoms with van der Waals surface area (Å²) in [4.78, 5) is 19.2. The fraction of sp³-hybridized carbons (Fsp3) is 0.667. The Balaban J connectivity index is 0.000000241. The first kappa shape index (κ1) is 12.7. The molecule has 1 rings (SSSR count). The second-order valence-electron chi connectivity index (χ2n) is 2.57. The van der Waals surface area contributed by atoms with Crippen LogP contribution >= 0.6 is 0 Å². The molecule has 0 aliphatic carbocycles. The first-order chi connectivity index (χ1) is 6.23. The molecule has 1 amide bonds. The molecule has 1 saturated heterocycles. The van der Waals surface area contributed by atoms with E-state index in [0.717, 1.165) is 0 Å². The number of hydrogen-bond donors (Lipinski definition) is 3. The fourth-order valence-corrected chi connectivity index (χ4v) is 0.627. The van der Waals surface area contributed by atoms with Crippen LogP contribution in [0.1, 0.15) is 6.42 Å². The van der Waals surface area contributed by atoms with Gasteiger partial charge in [0, 0.05) is 19.0 Å². The lowest BCUT2D eigenvalue weighted by Crippen LogP contribution is -2.22. The minimum absolute atomic E-state index is 0.0625. The monoisotopic (exact) mass is 214 g/mol. The number of amides is 1. The predicted molar refractivity (Wildman–Crippen MR) is 39.3 cm³/mol. The van der Waals surface area contributed by atoms with Gasteiger partial charge in [0.05, 0.1) is 0 Å². The summed E-state index contributed by atoms with van der Waals surface area (Å²) in [6.45, 7) is 0.652. The van der Waals surface area contributed by atoms with E-state index in [1.807, 2.05) is 0 Å². The van der Waals surface area contributed by atoms with Crippen LogP contribution < -0.4 is 11.1 Å². The van der Waals surface area contributed by atoms with Crippen molar-refractivity contribution in [1.29, 1.82) is 0 Å². The molecule has 1 heterocycles. The maximum Gasteiger partial charge on any atom is 0.490 e. The molecule has 0 radical (unpaired) electrons. The van der Waals surface area contributed by atoms with Gasteiger partial charge in [0.15, 0.2) is 0 Å². The molecule has 0 saturated carbocycles. The smallest absolute Gasteiger partial charge is 0.475 e. The van der Waals surface area contributed by atoms with Crippen LogP contribution in [0.4, 0.5) is 13.2 Å². The van der Waals surface area contributed by atoms with Gasteiger partial charge in [-0.25, -0.2) is 4.79 Å². The van der Waals surface area contributed by atoms with E-state index in [-0.39, 0.29) is 11.9 Å². The van der Waals surface area contributed by atoms with Crippen molar-refractivity contribution in [3.63, 3.8) is 0 Å². The zero-order chi connectivity index (χ0) is 11.4. The van der Waals surface area contributed by atoms with Gasteiger partial charge < -0.3 is 16.2 Å². The lowest BCUT2D eigenvalue weighted by atomic mass is 10.3. The average Bonchev–Trinajstić information content (AvgIpc) is 2.33. The van der Waals surface area contributed by atoms with Crippen LogP contribution in [0, 0.1) is 0 Å². The van der Waals surface area contributed by atoms with Crippen LogP contribution in [-0.2, 0) is 9.59 Å². The van der Waals surface area contributed by atoms with Crippen molar-refractivity contribution in [1.82, 2.24) is 5.32 Å². The summed E-state index contributed by atoms with van der Waals surface area (Å²) in [6.07, 6.45) is -4.58. The summed E-state index contributed by atoms with van der Waals surface area (Å²) in [7, 11) is 0. The van der Waals surface area contributed by atoms with Crippen molar-refractivity contribution < 1.29 is 27.9 Å². The Hall–Kier alpha value is -1.31. The first-order valence-corrected chi connectivity index (χ1v) is 3.56. The van der Waals surface area contributed by atoms with Crippen LogP contribution in [0.5, 0.6) is 0 Å². The number of alkyl halides is 3. The second-order valence-corrected chi connectivity index (χ2v) is 2.57. The number of rotatable bonds is 0. The number of aliphatic carboxylic acids is 1. The van der Waals surface area contributed by atoms with Crippen LogP contribution in [-0.4, -0.2) is 35.7 Å². The van der Waals surface area contributed by atoms with Gasteiger partial charge in [0.1, 0.15) is 0 Å². The maximum absolute atomic E-state index is 10.6. The Labute approximate surface area is 77.1 Å². The topological polar surface area (TPSA) is 92.4 Å². The number of carbonyl (C=O) groups excluding carboxylic acids is 1. The summed E-state index contributed by atoms with van der Waals surface area (Å²) < 4.78 is 31.7. The largest absolute Gasteiger partial charge is 0.490 e. The lowest BCUT2D eigenvalue weighted by molar-refractivity contribution is -0.192. The number of carbonyl (C=O) groups is 2. The molecule has 4 N–H and O–H groups in total. The highest BCUT2D eigenvalue weighted by Crippen LogP contribution is 2.13. The van der Waals surface area contributed by atoms with Gasteiger partial charge in [-0.3, -0.25) is 4.79 Å². The van der Waals surface area contributed by atoms with Gasteiger partial charge in [0.25, 0.3) is 0 Å². The van der Waals surface area contributed by atoms with Crippen molar-refractivity contribution in [2.24, 2.45) is 5.73 Å². The molecule has 14 heavy (non-hydrogen) atoms. The van der Waals surface area contributed by atoms with Gasteiger partial charge >= 0.3 is 12.1 Å². The Bertz CT molecular complexity index is 229. The Morgan fingerprint density at radius 2 is 2.00 bits per heavy atom. The number of nitrogens with one attached hydrogen (secondary N) is 1. The maximum atomic E-state index is 10.6. The molecular formula is C6H9F3N2O3. The summed E-state index contributed by atoms with van der Waals surface area (Å²) in [5, 5.41) is 9.73. The number of halogens is 3. The third-order valence-corrected chi connectivity index (χ3v) is 1.25. The van der Waals surface area contributed by atoms with Crippen molar-refractivity contribution in [3.05, 3.63) is 0 Å². The van der Waals surface area contributed by atoms with E-state index in [2.05, 4.69) is 5.32 Å². The molecule has 1 aliphatic rings. The average molecular weight is 214 g/mol. The third kappa shape index (κ3) is 5.36. The molecule has 0 aromatic carbocycles. The van der Waals surface area contributed by atoms with Gasteiger partial charge in [-0.15, -0.1) is 0 Å². The normalized spacial score (nSPS) is 20.9. The van der Waals surface area contributed by atoms with Crippen molar-refractivity contribution in [2.45, 2.75) is 18.6 Å². The molecule has 8 heteroatoms. The van der Waals surface area contributed by atoms with Gasteiger partial charge in [-0.1, -0.05) is 0 Å². The summed E-state index contributed by atoms with van der Waals surface area (Å²) in [5.41, 5.74) is 5.34. The van der Waals surface area contributed by atoms with E-state index < -0.39 is 12.1 Å².